The highest BCUT2D eigenvalue weighted by Gasteiger charge is 2.29. The zero-order valence-electron chi connectivity index (χ0n) is 14.5. The van der Waals surface area contributed by atoms with Gasteiger partial charge >= 0.3 is 0 Å². The summed E-state index contributed by atoms with van der Waals surface area (Å²) in [5.41, 5.74) is 2.16. The molecule has 4 rings (SSSR count). The Kier molecular flexibility index (Phi) is 6.42. The molecule has 1 aromatic heterocycles. The fourth-order valence-electron chi connectivity index (χ4n) is 3.33. The standard InChI is InChI=1S/C20H18Cl2N4.ClH/c21-16-6-7-19(18(22)12-16)26-11-9-24-20(26)17(13-25-10-8-23-14-25)15-4-2-1-3-5-15;/h1-8,10,12,14,17H,9,11,13H2;1H. The Balaban J connectivity index is 0.00000210. The molecular weight excluding hydrogens is 403 g/mol. The van der Waals surface area contributed by atoms with Crippen molar-refractivity contribution >= 4 is 47.1 Å². The maximum atomic E-state index is 6.47. The van der Waals surface area contributed by atoms with Gasteiger partial charge < -0.3 is 9.47 Å². The maximum absolute atomic E-state index is 6.47. The molecule has 2 aromatic carbocycles. The van der Waals surface area contributed by atoms with Gasteiger partial charge in [-0.2, -0.15) is 0 Å². The summed E-state index contributed by atoms with van der Waals surface area (Å²) in [4.78, 5) is 11.2. The van der Waals surface area contributed by atoms with Crippen molar-refractivity contribution < 1.29 is 0 Å². The molecule has 0 spiro atoms. The minimum atomic E-state index is 0. The molecule has 1 atom stereocenters. The fourth-order valence-corrected chi connectivity index (χ4v) is 3.84. The van der Waals surface area contributed by atoms with Gasteiger partial charge in [-0.1, -0.05) is 53.5 Å². The zero-order chi connectivity index (χ0) is 17.9. The summed E-state index contributed by atoms with van der Waals surface area (Å²) in [6.07, 6.45) is 5.61. The van der Waals surface area contributed by atoms with Crippen LogP contribution < -0.4 is 4.90 Å². The molecule has 0 aliphatic carbocycles. The Morgan fingerprint density at radius 1 is 1.07 bits per heavy atom. The van der Waals surface area contributed by atoms with Crippen molar-refractivity contribution in [2.45, 2.75) is 12.5 Å². The third-order valence-corrected chi connectivity index (χ3v) is 5.08. The van der Waals surface area contributed by atoms with E-state index < -0.39 is 0 Å². The molecule has 1 aliphatic rings. The van der Waals surface area contributed by atoms with Crippen molar-refractivity contribution in [2.75, 3.05) is 18.0 Å². The topological polar surface area (TPSA) is 33.4 Å². The molecule has 3 aromatic rings. The normalized spacial score (nSPS) is 14.6. The number of hydrogen-bond donors (Lipinski definition) is 0. The number of aliphatic imine (C=N–C) groups is 1. The average Bonchev–Trinajstić information content (AvgIpc) is 3.32. The van der Waals surface area contributed by atoms with Gasteiger partial charge in [-0.3, -0.25) is 4.99 Å². The van der Waals surface area contributed by atoms with E-state index in [1.54, 1.807) is 12.3 Å². The number of imidazole rings is 1. The predicted octanol–water partition coefficient (Wildman–Crippen LogP) is 5.31. The van der Waals surface area contributed by atoms with Gasteiger partial charge in [0.1, 0.15) is 5.84 Å². The fraction of sp³-hybridized carbons (Fsp3) is 0.200. The average molecular weight is 422 g/mol. The first-order valence-corrected chi connectivity index (χ1v) is 9.25. The minimum absolute atomic E-state index is 0. The Hall–Kier alpha value is -2.01. The van der Waals surface area contributed by atoms with Crippen LogP contribution in [0.15, 0.2) is 72.2 Å². The summed E-state index contributed by atoms with van der Waals surface area (Å²) in [6, 6.07) is 16.0. The minimum Gasteiger partial charge on any atom is -0.336 e. The van der Waals surface area contributed by atoms with Gasteiger partial charge in [0.05, 0.1) is 29.5 Å². The van der Waals surface area contributed by atoms with Crippen molar-refractivity contribution in [3.8, 4) is 0 Å². The second kappa shape index (κ2) is 8.79. The van der Waals surface area contributed by atoms with Crippen LogP contribution in [0, 0.1) is 0 Å². The second-order valence-corrected chi connectivity index (χ2v) is 7.05. The van der Waals surface area contributed by atoms with E-state index >= 15 is 0 Å². The molecule has 0 amide bonds. The summed E-state index contributed by atoms with van der Waals surface area (Å²) in [5.74, 6) is 1.13. The lowest BCUT2D eigenvalue weighted by atomic mass is 9.96. The summed E-state index contributed by atoms with van der Waals surface area (Å²) >= 11 is 12.5. The van der Waals surface area contributed by atoms with Crippen LogP contribution in [0.2, 0.25) is 10.0 Å². The molecule has 4 nitrogen and oxygen atoms in total. The molecule has 1 aliphatic heterocycles. The highest BCUT2D eigenvalue weighted by Crippen LogP contribution is 2.34. The Labute approximate surface area is 174 Å². The first kappa shape index (κ1) is 19.7. The number of aromatic nitrogens is 2. The SMILES string of the molecule is Cl.Clc1ccc(N2CCN=C2C(Cn2ccnc2)c2ccccc2)c(Cl)c1. The van der Waals surface area contributed by atoms with Crippen molar-refractivity contribution in [2.24, 2.45) is 4.99 Å². The molecular formula is C20H19Cl3N4. The van der Waals surface area contributed by atoms with Crippen LogP contribution in [0.5, 0.6) is 0 Å². The number of rotatable bonds is 5. The van der Waals surface area contributed by atoms with Gasteiger partial charge in [-0.15, -0.1) is 12.4 Å². The number of hydrogen-bond acceptors (Lipinski definition) is 3. The number of amidine groups is 1. The predicted molar refractivity (Wildman–Crippen MR) is 115 cm³/mol. The number of halogens is 3. The van der Waals surface area contributed by atoms with E-state index in [9.17, 15) is 0 Å². The van der Waals surface area contributed by atoms with Gasteiger partial charge in [-0.05, 0) is 23.8 Å². The van der Waals surface area contributed by atoms with E-state index in [4.69, 9.17) is 28.2 Å². The molecule has 0 fully saturated rings. The molecule has 0 radical (unpaired) electrons. The number of nitrogens with zero attached hydrogens (tertiary/aromatic N) is 4. The molecule has 2 heterocycles. The Morgan fingerprint density at radius 2 is 1.89 bits per heavy atom. The maximum Gasteiger partial charge on any atom is 0.113 e. The van der Waals surface area contributed by atoms with E-state index in [1.165, 1.54) is 5.56 Å². The van der Waals surface area contributed by atoms with Crippen LogP contribution in [0.3, 0.4) is 0 Å². The summed E-state index contributed by atoms with van der Waals surface area (Å²) in [6.45, 7) is 2.33. The van der Waals surface area contributed by atoms with E-state index in [-0.39, 0.29) is 18.3 Å². The first-order valence-electron chi connectivity index (χ1n) is 8.50. The third-order valence-electron chi connectivity index (χ3n) is 4.54. The van der Waals surface area contributed by atoms with Crippen LogP contribution in [-0.4, -0.2) is 28.5 Å². The summed E-state index contributed by atoms with van der Waals surface area (Å²) in [7, 11) is 0. The van der Waals surface area contributed by atoms with Crippen LogP contribution in [-0.2, 0) is 6.54 Å². The molecule has 140 valence electrons. The first-order chi connectivity index (χ1) is 12.7. The van der Waals surface area contributed by atoms with E-state index in [0.717, 1.165) is 31.2 Å². The molecule has 0 bridgehead atoms. The van der Waals surface area contributed by atoms with Gasteiger partial charge in [0.15, 0.2) is 0 Å². The smallest absolute Gasteiger partial charge is 0.113 e. The lowest BCUT2D eigenvalue weighted by molar-refractivity contribution is 0.654. The van der Waals surface area contributed by atoms with Crippen molar-refractivity contribution in [1.82, 2.24) is 9.55 Å². The van der Waals surface area contributed by atoms with Crippen LogP contribution in [0.25, 0.3) is 0 Å². The van der Waals surface area contributed by atoms with E-state index in [1.807, 2.05) is 30.7 Å². The molecule has 0 saturated carbocycles. The highest BCUT2D eigenvalue weighted by molar-refractivity contribution is 6.37. The van der Waals surface area contributed by atoms with Gasteiger partial charge in [0.25, 0.3) is 0 Å². The highest BCUT2D eigenvalue weighted by atomic mass is 35.5. The molecule has 7 heteroatoms. The van der Waals surface area contributed by atoms with Crippen LogP contribution >= 0.6 is 35.6 Å². The third kappa shape index (κ3) is 4.29. The quantitative estimate of drug-likeness (QED) is 0.559. The number of anilines is 1. The lowest BCUT2D eigenvalue weighted by Crippen LogP contribution is -2.34. The lowest BCUT2D eigenvalue weighted by Gasteiger charge is -2.28. The number of benzene rings is 2. The van der Waals surface area contributed by atoms with Gasteiger partial charge in [-0.25, -0.2) is 4.98 Å². The zero-order valence-corrected chi connectivity index (χ0v) is 16.8. The van der Waals surface area contributed by atoms with Gasteiger partial charge in [0, 0.05) is 30.5 Å². The monoisotopic (exact) mass is 420 g/mol. The van der Waals surface area contributed by atoms with Gasteiger partial charge in [0.2, 0.25) is 0 Å². The van der Waals surface area contributed by atoms with Crippen LogP contribution in [0.1, 0.15) is 11.5 Å². The van der Waals surface area contributed by atoms with Crippen LogP contribution in [0.4, 0.5) is 5.69 Å². The molecule has 0 N–H and O–H groups in total. The summed E-state index contributed by atoms with van der Waals surface area (Å²) < 4.78 is 2.08. The Morgan fingerprint density at radius 3 is 2.59 bits per heavy atom. The van der Waals surface area contributed by atoms with Crippen molar-refractivity contribution in [1.29, 1.82) is 0 Å². The molecule has 27 heavy (non-hydrogen) atoms. The molecule has 0 saturated heterocycles. The summed E-state index contributed by atoms with van der Waals surface area (Å²) in [5, 5.41) is 1.27. The van der Waals surface area contributed by atoms with Crippen molar-refractivity contribution in [3.63, 3.8) is 0 Å². The second-order valence-electron chi connectivity index (χ2n) is 6.21. The molecule has 1 unspecified atom stereocenters. The van der Waals surface area contributed by atoms with E-state index in [0.29, 0.717) is 10.0 Å². The largest absolute Gasteiger partial charge is 0.336 e. The Bertz CT molecular complexity index is 910. The van der Waals surface area contributed by atoms with E-state index in [2.05, 4.69) is 38.7 Å². The van der Waals surface area contributed by atoms with Crippen molar-refractivity contribution in [3.05, 3.63) is 82.9 Å².